The van der Waals surface area contributed by atoms with Crippen LogP contribution in [0, 0.1) is 0 Å². The summed E-state index contributed by atoms with van der Waals surface area (Å²) in [6, 6.07) is 3.69. The quantitative estimate of drug-likeness (QED) is 0.808. The Morgan fingerprint density at radius 1 is 1.44 bits per heavy atom. The Kier molecular flexibility index (Phi) is 2.53. The van der Waals surface area contributed by atoms with Gasteiger partial charge in [-0.1, -0.05) is 0 Å². The Balaban J connectivity index is 2.07. The van der Waals surface area contributed by atoms with Crippen molar-refractivity contribution >= 4 is 11.8 Å². The summed E-state index contributed by atoms with van der Waals surface area (Å²) in [5.41, 5.74) is -0.0332. The van der Waals surface area contributed by atoms with E-state index in [1.54, 1.807) is 19.9 Å². The highest BCUT2D eigenvalue weighted by molar-refractivity contribution is 5.81. The lowest BCUT2D eigenvalue weighted by atomic mass is 10.1. The number of carbonyl (C=O) groups is 1. The van der Waals surface area contributed by atoms with Crippen molar-refractivity contribution < 1.29 is 9.90 Å². The molecule has 0 bridgehead atoms. The molecule has 0 aliphatic heterocycles. The fourth-order valence-corrected chi connectivity index (χ4v) is 1.38. The maximum Gasteiger partial charge on any atom is 0.328 e. The van der Waals surface area contributed by atoms with E-state index in [0.29, 0.717) is 11.7 Å². The van der Waals surface area contributed by atoms with Crippen molar-refractivity contribution in [2.24, 2.45) is 0 Å². The van der Waals surface area contributed by atoms with Crippen LogP contribution in [0.2, 0.25) is 0 Å². The zero-order valence-corrected chi connectivity index (χ0v) is 9.40. The number of nitrogens with one attached hydrogen (secondary N) is 1. The van der Waals surface area contributed by atoms with E-state index in [9.17, 15) is 4.79 Å². The second kappa shape index (κ2) is 3.73. The van der Waals surface area contributed by atoms with Gasteiger partial charge in [0.15, 0.2) is 0 Å². The Morgan fingerprint density at radius 3 is 2.56 bits per heavy atom. The normalized spacial score (nSPS) is 15.9. The molecule has 2 N–H and O–H groups in total. The Bertz CT molecular complexity index is 396. The second-order valence-electron chi connectivity index (χ2n) is 4.67. The molecule has 1 aromatic rings. The van der Waals surface area contributed by atoms with Gasteiger partial charge < -0.3 is 10.4 Å². The van der Waals surface area contributed by atoms with Gasteiger partial charge in [0.1, 0.15) is 11.4 Å². The van der Waals surface area contributed by atoms with E-state index in [2.05, 4.69) is 15.5 Å². The minimum Gasteiger partial charge on any atom is -0.480 e. The number of carboxylic acid groups (broad SMARTS) is 1. The van der Waals surface area contributed by atoms with Gasteiger partial charge in [-0.25, -0.2) is 4.79 Å². The number of hydrogen-bond acceptors (Lipinski definition) is 4. The van der Waals surface area contributed by atoms with E-state index in [1.807, 2.05) is 6.07 Å². The summed E-state index contributed by atoms with van der Waals surface area (Å²) in [6.07, 6.45) is 2.37. The smallest absolute Gasteiger partial charge is 0.328 e. The van der Waals surface area contributed by atoms with Crippen LogP contribution in [-0.4, -0.2) is 26.8 Å². The van der Waals surface area contributed by atoms with E-state index in [1.165, 1.54) is 12.8 Å². The number of aromatic nitrogens is 2. The molecule has 1 saturated carbocycles. The highest BCUT2D eigenvalue weighted by atomic mass is 16.4. The largest absolute Gasteiger partial charge is 0.480 e. The molecule has 86 valence electrons. The number of rotatable bonds is 4. The standard InChI is InChI=1S/C11H15N3O2/c1-11(2,10(15)16)12-9-6-5-8(13-14-9)7-3-4-7/h5-7H,3-4H2,1-2H3,(H,12,14)(H,15,16). The lowest BCUT2D eigenvalue weighted by Gasteiger charge is -2.21. The van der Waals surface area contributed by atoms with Crippen LogP contribution >= 0.6 is 0 Å². The SMILES string of the molecule is CC(C)(Nc1ccc(C2CC2)nn1)C(=O)O. The van der Waals surface area contributed by atoms with E-state index >= 15 is 0 Å². The van der Waals surface area contributed by atoms with Crippen LogP contribution < -0.4 is 5.32 Å². The first-order valence-corrected chi connectivity index (χ1v) is 5.34. The summed E-state index contributed by atoms with van der Waals surface area (Å²) in [7, 11) is 0. The number of aliphatic carboxylic acids is 1. The zero-order chi connectivity index (χ0) is 11.8. The van der Waals surface area contributed by atoms with Crippen LogP contribution in [0.3, 0.4) is 0 Å². The molecule has 1 aromatic heterocycles. The summed E-state index contributed by atoms with van der Waals surface area (Å²) >= 11 is 0. The molecule has 0 aromatic carbocycles. The molecule has 16 heavy (non-hydrogen) atoms. The third-order valence-electron chi connectivity index (χ3n) is 2.66. The van der Waals surface area contributed by atoms with Crippen molar-refractivity contribution in [3.8, 4) is 0 Å². The van der Waals surface area contributed by atoms with E-state index in [-0.39, 0.29) is 0 Å². The molecule has 0 amide bonds. The average molecular weight is 221 g/mol. The summed E-state index contributed by atoms with van der Waals surface area (Å²) in [5.74, 6) is 0.145. The highest BCUT2D eigenvalue weighted by Crippen LogP contribution is 2.38. The molecular weight excluding hydrogens is 206 g/mol. The number of anilines is 1. The fourth-order valence-electron chi connectivity index (χ4n) is 1.38. The monoisotopic (exact) mass is 221 g/mol. The van der Waals surface area contributed by atoms with Crippen LogP contribution in [-0.2, 0) is 4.79 Å². The van der Waals surface area contributed by atoms with Gasteiger partial charge in [-0.3, -0.25) is 0 Å². The van der Waals surface area contributed by atoms with Crippen LogP contribution in [0.15, 0.2) is 12.1 Å². The maximum absolute atomic E-state index is 10.9. The van der Waals surface area contributed by atoms with Gasteiger partial charge in [-0.2, -0.15) is 5.10 Å². The summed E-state index contributed by atoms with van der Waals surface area (Å²) in [4.78, 5) is 10.9. The minimum absolute atomic E-state index is 0.497. The topological polar surface area (TPSA) is 75.1 Å². The van der Waals surface area contributed by atoms with Crippen LogP contribution in [0.1, 0.15) is 38.3 Å². The molecule has 0 radical (unpaired) electrons. The fraction of sp³-hybridized carbons (Fsp3) is 0.545. The molecule has 1 aliphatic carbocycles. The zero-order valence-electron chi connectivity index (χ0n) is 9.40. The van der Waals surface area contributed by atoms with Crippen molar-refractivity contribution in [3.05, 3.63) is 17.8 Å². The predicted octanol–water partition coefficient (Wildman–Crippen LogP) is 1.63. The molecule has 5 heteroatoms. The van der Waals surface area contributed by atoms with Crippen molar-refractivity contribution in [1.29, 1.82) is 0 Å². The van der Waals surface area contributed by atoms with E-state index in [4.69, 9.17) is 5.11 Å². The first kappa shape index (κ1) is 10.9. The van der Waals surface area contributed by atoms with Crippen molar-refractivity contribution in [1.82, 2.24) is 10.2 Å². The number of hydrogen-bond donors (Lipinski definition) is 2. The molecule has 0 unspecified atom stereocenters. The van der Waals surface area contributed by atoms with Gasteiger partial charge in [0.25, 0.3) is 0 Å². The van der Waals surface area contributed by atoms with E-state index < -0.39 is 11.5 Å². The van der Waals surface area contributed by atoms with Crippen LogP contribution in [0.5, 0.6) is 0 Å². The lowest BCUT2D eigenvalue weighted by molar-refractivity contribution is -0.141. The third kappa shape index (κ3) is 2.29. The van der Waals surface area contributed by atoms with Gasteiger partial charge >= 0.3 is 5.97 Å². The minimum atomic E-state index is -1.03. The average Bonchev–Trinajstić information content (AvgIpc) is 3.01. The van der Waals surface area contributed by atoms with Crippen molar-refractivity contribution in [2.45, 2.75) is 38.1 Å². The highest BCUT2D eigenvalue weighted by Gasteiger charge is 2.28. The molecule has 0 atom stereocenters. The molecular formula is C11H15N3O2. The molecule has 0 saturated heterocycles. The third-order valence-corrected chi connectivity index (χ3v) is 2.66. The first-order valence-electron chi connectivity index (χ1n) is 5.34. The van der Waals surface area contributed by atoms with Crippen LogP contribution in [0.25, 0.3) is 0 Å². The summed E-state index contributed by atoms with van der Waals surface area (Å²) in [6.45, 7) is 3.18. The lowest BCUT2D eigenvalue weighted by Crippen LogP contribution is -2.40. The van der Waals surface area contributed by atoms with Crippen molar-refractivity contribution in [2.75, 3.05) is 5.32 Å². The Morgan fingerprint density at radius 2 is 2.12 bits per heavy atom. The summed E-state index contributed by atoms with van der Waals surface area (Å²) in [5, 5.41) is 19.8. The molecule has 5 nitrogen and oxygen atoms in total. The van der Waals surface area contributed by atoms with E-state index in [0.717, 1.165) is 5.69 Å². The number of nitrogens with zero attached hydrogens (tertiary/aromatic N) is 2. The van der Waals surface area contributed by atoms with Gasteiger partial charge in [-0.05, 0) is 38.8 Å². The molecule has 2 rings (SSSR count). The van der Waals surface area contributed by atoms with Gasteiger partial charge in [0.05, 0.1) is 5.69 Å². The second-order valence-corrected chi connectivity index (χ2v) is 4.67. The molecule has 1 aliphatic rings. The molecule has 1 heterocycles. The first-order chi connectivity index (χ1) is 7.49. The summed E-state index contributed by atoms with van der Waals surface area (Å²) < 4.78 is 0. The van der Waals surface area contributed by atoms with Gasteiger partial charge in [-0.15, -0.1) is 5.10 Å². The van der Waals surface area contributed by atoms with Crippen molar-refractivity contribution in [3.63, 3.8) is 0 Å². The molecule has 0 spiro atoms. The van der Waals surface area contributed by atoms with Gasteiger partial charge in [0.2, 0.25) is 0 Å². The Hall–Kier alpha value is -1.65. The van der Waals surface area contributed by atoms with Gasteiger partial charge in [0, 0.05) is 5.92 Å². The van der Waals surface area contributed by atoms with Crippen LogP contribution in [0.4, 0.5) is 5.82 Å². The predicted molar refractivity (Wildman–Crippen MR) is 59.3 cm³/mol. The molecule has 1 fully saturated rings. The Labute approximate surface area is 93.9 Å². The number of carboxylic acids is 1. The maximum atomic E-state index is 10.9.